The lowest BCUT2D eigenvalue weighted by Crippen LogP contribution is -2.21. The summed E-state index contributed by atoms with van der Waals surface area (Å²) >= 11 is 0. The summed E-state index contributed by atoms with van der Waals surface area (Å²) in [6.45, 7) is 1.28. The van der Waals surface area contributed by atoms with Crippen molar-refractivity contribution in [2.24, 2.45) is 0 Å². The molecule has 0 aromatic heterocycles. The number of rotatable bonds is 5. The van der Waals surface area contributed by atoms with Crippen molar-refractivity contribution in [2.45, 2.75) is 32.2 Å². The van der Waals surface area contributed by atoms with E-state index in [9.17, 15) is 4.39 Å². The van der Waals surface area contributed by atoms with E-state index in [0.29, 0.717) is 17.9 Å². The van der Waals surface area contributed by atoms with Crippen LogP contribution in [0.2, 0.25) is 0 Å². The molecule has 2 aromatic rings. The van der Waals surface area contributed by atoms with E-state index < -0.39 is 0 Å². The normalized spacial score (nSPS) is 17.9. The number of benzene rings is 2. The number of ether oxygens (including phenoxy) is 3. The van der Waals surface area contributed by atoms with Gasteiger partial charge in [-0.3, -0.25) is 0 Å². The van der Waals surface area contributed by atoms with Crippen LogP contribution in [0.1, 0.15) is 24.8 Å². The van der Waals surface area contributed by atoms with Crippen LogP contribution in [0.15, 0.2) is 42.5 Å². The zero-order valence-corrected chi connectivity index (χ0v) is 13.3. The third kappa shape index (κ3) is 4.09. The Morgan fingerprint density at radius 2 is 1.96 bits per heavy atom. The molecule has 3 nitrogen and oxygen atoms in total. The van der Waals surface area contributed by atoms with Crippen molar-refractivity contribution in [3.8, 4) is 16.9 Å². The fraction of sp³-hybridized carbons (Fsp3) is 0.368. The van der Waals surface area contributed by atoms with E-state index in [1.165, 1.54) is 6.07 Å². The number of methoxy groups -OCH3 is 1. The number of hydrogen-bond donors (Lipinski definition) is 0. The molecule has 0 spiro atoms. The first-order valence-corrected chi connectivity index (χ1v) is 7.92. The first-order valence-electron chi connectivity index (χ1n) is 7.92. The van der Waals surface area contributed by atoms with Crippen molar-refractivity contribution in [3.05, 3.63) is 53.8 Å². The molecule has 3 rings (SSSR count). The molecule has 1 atom stereocenters. The van der Waals surface area contributed by atoms with E-state index in [0.717, 1.165) is 37.0 Å². The minimum atomic E-state index is -0.259. The van der Waals surface area contributed by atoms with Crippen molar-refractivity contribution in [2.75, 3.05) is 13.7 Å². The van der Waals surface area contributed by atoms with Crippen molar-refractivity contribution < 1.29 is 18.6 Å². The molecular weight excluding hydrogens is 295 g/mol. The SMILES string of the molecule is COc1ccc(F)c(-c2ccc(COC3CCCCO3)cc2)c1. The van der Waals surface area contributed by atoms with Crippen LogP contribution in [0.4, 0.5) is 4.39 Å². The first kappa shape index (κ1) is 16.0. The second-order valence-electron chi connectivity index (χ2n) is 5.65. The molecule has 1 unspecified atom stereocenters. The Morgan fingerprint density at radius 3 is 2.65 bits per heavy atom. The molecule has 1 saturated heterocycles. The average molecular weight is 316 g/mol. The second kappa shape index (κ2) is 7.57. The fourth-order valence-electron chi connectivity index (χ4n) is 2.66. The summed E-state index contributed by atoms with van der Waals surface area (Å²) in [4.78, 5) is 0. The Balaban J connectivity index is 1.67. The Morgan fingerprint density at radius 1 is 1.13 bits per heavy atom. The van der Waals surface area contributed by atoms with E-state index in [1.807, 2.05) is 24.3 Å². The van der Waals surface area contributed by atoms with Crippen LogP contribution < -0.4 is 4.74 Å². The molecule has 2 aromatic carbocycles. The molecule has 0 N–H and O–H groups in total. The lowest BCUT2D eigenvalue weighted by Gasteiger charge is -2.22. The van der Waals surface area contributed by atoms with Gasteiger partial charge in [0.05, 0.1) is 13.7 Å². The highest BCUT2D eigenvalue weighted by Crippen LogP contribution is 2.27. The van der Waals surface area contributed by atoms with Crippen molar-refractivity contribution in [3.63, 3.8) is 0 Å². The summed E-state index contributed by atoms with van der Waals surface area (Å²) < 4.78 is 30.5. The van der Waals surface area contributed by atoms with Gasteiger partial charge >= 0.3 is 0 Å². The summed E-state index contributed by atoms with van der Waals surface area (Å²) in [5, 5.41) is 0. The monoisotopic (exact) mass is 316 g/mol. The molecule has 122 valence electrons. The lowest BCUT2D eigenvalue weighted by molar-refractivity contribution is -0.168. The predicted molar refractivity (Wildman–Crippen MR) is 86.8 cm³/mol. The minimum absolute atomic E-state index is 0.0979. The van der Waals surface area contributed by atoms with Crippen LogP contribution >= 0.6 is 0 Å². The summed E-state index contributed by atoms with van der Waals surface area (Å²) in [7, 11) is 1.57. The molecule has 4 heteroatoms. The molecule has 1 aliphatic rings. The fourth-order valence-corrected chi connectivity index (χ4v) is 2.66. The molecule has 1 fully saturated rings. The van der Waals surface area contributed by atoms with Gasteiger partial charge in [0, 0.05) is 12.2 Å². The van der Waals surface area contributed by atoms with Crippen LogP contribution in [0.25, 0.3) is 11.1 Å². The molecule has 0 aliphatic carbocycles. The van der Waals surface area contributed by atoms with E-state index in [2.05, 4.69) is 0 Å². The van der Waals surface area contributed by atoms with E-state index in [-0.39, 0.29) is 12.1 Å². The summed E-state index contributed by atoms with van der Waals surface area (Å²) in [5.74, 6) is 0.383. The van der Waals surface area contributed by atoms with Crippen molar-refractivity contribution >= 4 is 0 Å². The van der Waals surface area contributed by atoms with Crippen molar-refractivity contribution in [1.82, 2.24) is 0 Å². The highest BCUT2D eigenvalue weighted by Gasteiger charge is 2.14. The topological polar surface area (TPSA) is 27.7 Å². The van der Waals surface area contributed by atoms with E-state index >= 15 is 0 Å². The molecule has 0 bridgehead atoms. The standard InChI is InChI=1S/C19H21FO3/c1-21-16-9-10-18(20)17(12-16)15-7-5-14(6-8-15)13-23-19-4-2-3-11-22-19/h5-10,12,19H,2-4,11,13H2,1H3. The van der Waals surface area contributed by atoms with Gasteiger partial charge in [-0.15, -0.1) is 0 Å². The predicted octanol–water partition coefficient (Wildman–Crippen LogP) is 4.54. The number of halogens is 1. The Hall–Kier alpha value is -1.91. The quantitative estimate of drug-likeness (QED) is 0.810. The van der Waals surface area contributed by atoms with Crippen LogP contribution in [-0.2, 0) is 16.1 Å². The molecular formula is C19H21FO3. The van der Waals surface area contributed by atoms with Crippen LogP contribution in [0.5, 0.6) is 5.75 Å². The number of hydrogen-bond acceptors (Lipinski definition) is 3. The van der Waals surface area contributed by atoms with Gasteiger partial charge in [-0.25, -0.2) is 4.39 Å². The highest BCUT2D eigenvalue weighted by molar-refractivity contribution is 5.66. The van der Waals surface area contributed by atoms with Crippen LogP contribution in [-0.4, -0.2) is 20.0 Å². The lowest BCUT2D eigenvalue weighted by atomic mass is 10.0. The molecule has 1 heterocycles. The first-order chi connectivity index (χ1) is 11.3. The summed E-state index contributed by atoms with van der Waals surface area (Å²) in [6, 6.07) is 12.5. The van der Waals surface area contributed by atoms with Crippen LogP contribution in [0, 0.1) is 5.82 Å². The van der Waals surface area contributed by atoms with Gasteiger partial charge in [-0.1, -0.05) is 24.3 Å². The smallest absolute Gasteiger partial charge is 0.158 e. The maximum atomic E-state index is 14.0. The van der Waals surface area contributed by atoms with Gasteiger partial charge in [-0.2, -0.15) is 0 Å². The largest absolute Gasteiger partial charge is 0.497 e. The van der Waals surface area contributed by atoms with E-state index in [4.69, 9.17) is 14.2 Å². The van der Waals surface area contributed by atoms with Gasteiger partial charge in [0.1, 0.15) is 11.6 Å². The van der Waals surface area contributed by atoms with Gasteiger partial charge in [0.2, 0.25) is 0 Å². The molecule has 0 radical (unpaired) electrons. The summed E-state index contributed by atoms with van der Waals surface area (Å²) in [6.07, 6.45) is 3.12. The highest BCUT2D eigenvalue weighted by atomic mass is 19.1. The van der Waals surface area contributed by atoms with Gasteiger partial charge in [0.25, 0.3) is 0 Å². The van der Waals surface area contributed by atoms with Crippen molar-refractivity contribution in [1.29, 1.82) is 0 Å². The molecule has 0 saturated carbocycles. The molecule has 1 aliphatic heterocycles. The molecule has 23 heavy (non-hydrogen) atoms. The maximum absolute atomic E-state index is 14.0. The Kier molecular flexibility index (Phi) is 5.26. The second-order valence-corrected chi connectivity index (χ2v) is 5.65. The third-order valence-corrected chi connectivity index (χ3v) is 4.01. The maximum Gasteiger partial charge on any atom is 0.158 e. The third-order valence-electron chi connectivity index (χ3n) is 4.01. The minimum Gasteiger partial charge on any atom is -0.497 e. The average Bonchev–Trinajstić information content (AvgIpc) is 2.62. The molecule has 0 amide bonds. The zero-order valence-electron chi connectivity index (χ0n) is 13.3. The Bertz CT molecular complexity index is 634. The van der Waals surface area contributed by atoms with Gasteiger partial charge < -0.3 is 14.2 Å². The zero-order chi connectivity index (χ0) is 16.1. The van der Waals surface area contributed by atoms with E-state index in [1.54, 1.807) is 19.2 Å². The van der Waals surface area contributed by atoms with Crippen LogP contribution in [0.3, 0.4) is 0 Å². The Labute approximate surface area is 136 Å². The van der Waals surface area contributed by atoms with Gasteiger partial charge in [-0.05, 0) is 48.6 Å². The summed E-state index contributed by atoms with van der Waals surface area (Å²) in [5.41, 5.74) is 2.40. The van der Waals surface area contributed by atoms with Gasteiger partial charge in [0.15, 0.2) is 6.29 Å².